The van der Waals surface area contributed by atoms with Crippen molar-refractivity contribution >= 4 is 62.4 Å². The van der Waals surface area contributed by atoms with E-state index in [2.05, 4.69) is 5.32 Å². The van der Waals surface area contributed by atoms with Crippen molar-refractivity contribution in [3.63, 3.8) is 0 Å². The number of aliphatic hydroxyl groups excluding tert-OH is 1. The summed E-state index contributed by atoms with van der Waals surface area (Å²) in [5.74, 6) is -2.82. The second-order valence-electron chi connectivity index (χ2n) is 10.3. The third-order valence-corrected chi connectivity index (χ3v) is 8.26. The van der Waals surface area contributed by atoms with Crippen LogP contribution in [0, 0.1) is 0 Å². The lowest BCUT2D eigenvalue weighted by atomic mass is 10.0. The average molecular weight is 613 g/mol. The minimum absolute atomic E-state index is 0.103. The molecule has 0 fully saturated rings. The number of amides is 1. The summed E-state index contributed by atoms with van der Waals surface area (Å²) in [5, 5.41) is 14.5. The minimum atomic E-state index is -4.17. The van der Waals surface area contributed by atoms with Crippen LogP contribution in [0.25, 0.3) is 29.1 Å². The molecule has 0 bridgehead atoms. The fourth-order valence-electron chi connectivity index (χ4n) is 5.17. The fourth-order valence-corrected chi connectivity index (χ4v) is 5.66. The molecule has 1 aromatic heterocycles. The lowest BCUT2D eigenvalue weighted by molar-refractivity contribution is -0.646. The van der Waals surface area contributed by atoms with Crippen molar-refractivity contribution in [2.75, 3.05) is 24.2 Å². The van der Waals surface area contributed by atoms with E-state index in [1.54, 1.807) is 37.2 Å². The van der Waals surface area contributed by atoms with E-state index in [0.717, 1.165) is 27.7 Å². The van der Waals surface area contributed by atoms with Crippen molar-refractivity contribution in [3.05, 3.63) is 112 Å². The Morgan fingerprint density at radius 2 is 1.80 bits per heavy atom. The number of aliphatic hydroxyl groups is 1. The largest absolute Gasteiger partial charge is 0.506 e. The SMILES string of the molecule is CNC(=O)/C=C/c1ccc2c(ccc(/C=C3\C(=O)C(=O)C(/C=C4\C=Cc5ccccc5N4CCCS(=O)(=O)O)=C3O)[n+]2C)c1. The van der Waals surface area contributed by atoms with E-state index in [4.69, 9.17) is 0 Å². The first-order valence-corrected chi connectivity index (χ1v) is 15.4. The average Bonchev–Trinajstić information content (AvgIpc) is 3.19. The van der Waals surface area contributed by atoms with Gasteiger partial charge in [0.05, 0.1) is 16.9 Å². The molecule has 0 atom stereocenters. The van der Waals surface area contributed by atoms with Gasteiger partial charge in [-0.25, -0.2) is 0 Å². The molecule has 0 spiro atoms. The van der Waals surface area contributed by atoms with Crippen molar-refractivity contribution in [2.24, 2.45) is 7.05 Å². The number of allylic oxidation sites excluding steroid dienone is 4. The summed E-state index contributed by atoms with van der Waals surface area (Å²) in [7, 11) is -0.818. The molecule has 2 aliphatic rings. The molecule has 1 aliphatic carbocycles. The van der Waals surface area contributed by atoms with Crippen molar-refractivity contribution in [3.8, 4) is 0 Å². The molecule has 2 heterocycles. The third kappa shape index (κ3) is 6.29. The topological polar surface area (TPSA) is 145 Å². The van der Waals surface area contributed by atoms with Gasteiger partial charge >= 0.3 is 0 Å². The number of aromatic nitrogens is 1. The molecule has 1 amide bonds. The maximum Gasteiger partial charge on any atom is 0.264 e. The Bertz CT molecular complexity index is 1990. The van der Waals surface area contributed by atoms with Crippen LogP contribution in [-0.4, -0.2) is 54.9 Å². The van der Waals surface area contributed by atoms with Gasteiger partial charge in [0.25, 0.3) is 10.1 Å². The van der Waals surface area contributed by atoms with E-state index in [-0.39, 0.29) is 30.0 Å². The smallest absolute Gasteiger partial charge is 0.264 e. The van der Waals surface area contributed by atoms with E-state index in [0.29, 0.717) is 11.4 Å². The number of anilines is 1. The first-order valence-electron chi connectivity index (χ1n) is 13.8. The number of nitrogens with zero attached hydrogens (tertiary/aromatic N) is 2. The molecule has 0 saturated heterocycles. The minimum Gasteiger partial charge on any atom is -0.506 e. The quantitative estimate of drug-likeness (QED) is 0.152. The first kappa shape index (κ1) is 30.3. The predicted molar refractivity (Wildman–Crippen MR) is 168 cm³/mol. The molecule has 5 rings (SSSR count). The standard InChI is InChI=1S/C33H29N3O7S/c1-34-30(37)15-9-21-8-14-28-23(18-21)11-12-24(35(28)2)19-26-31(38)27(33(40)32(26)39)20-25-13-10-22-6-3-4-7-29(22)36(25)16-5-17-44(41,42)43/h3-4,6-15,18-20H,5,16-17H2,1-2H3,(H2-,34,37,38,39,40,41,42,43)/p+1/b15-9+. The normalized spacial score (nSPS) is 17.0. The van der Waals surface area contributed by atoms with Gasteiger partial charge in [-0.05, 0) is 60.0 Å². The number of benzene rings is 2. The van der Waals surface area contributed by atoms with Crippen molar-refractivity contribution < 1.29 is 37.0 Å². The van der Waals surface area contributed by atoms with Gasteiger partial charge in [0.2, 0.25) is 28.7 Å². The van der Waals surface area contributed by atoms with Crippen LogP contribution in [0.15, 0.2) is 95.4 Å². The molecule has 10 nitrogen and oxygen atoms in total. The van der Waals surface area contributed by atoms with E-state index in [1.165, 1.54) is 18.2 Å². The monoisotopic (exact) mass is 612 g/mol. The number of fused-ring (bicyclic) bond motifs is 2. The predicted octanol–water partition coefficient (Wildman–Crippen LogP) is 3.47. The summed E-state index contributed by atoms with van der Waals surface area (Å²) in [6, 6.07) is 16.6. The van der Waals surface area contributed by atoms with Crippen LogP contribution in [-0.2, 0) is 31.5 Å². The number of ketones is 2. The van der Waals surface area contributed by atoms with Crippen molar-refractivity contribution in [1.29, 1.82) is 0 Å². The van der Waals surface area contributed by atoms with Gasteiger partial charge in [-0.15, -0.1) is 0 Å². The number of pyridine rings is 1. The van der Waals surface area contributed by atoms with Crippen LogP contribution < -0.4 is 14.8 Å². The molecule has 1 aliphatic heterocycles. The summed E-state index contributed by atoms with van der Waals surface area (Å²) in [5.41, 5.74) is 4.00. The zero-order valence-corrected chi connectivity index (χ0v) is 24.8. The number of nitrogens with one attached hydrogen (secondary N) is 1. The summed E-state index contributed by atoms with van der Waals surface area (Å²) in [6.45, 7) is 0.197. The van der Waals surface area contributed by atoms with Crippen molar-refractivity contribution in [2.45, 2.75) is 6.42 Å². The van der Waals surface area contributed by atoms with E-state index in [1.807, 2.05) is 59.2 Å². The molecule has 44 heavy (non-hydrogen) atoms. The number of hydrogen-bond acceptors (Lipinski definition) is 7. The Morgan fingerprint density at radius 3 is 2.55 bits per heavy atom. The molecule has 0 saturated carbocycles. The summed E-state index contributed by atoms with van der Waals surface area (Å²) in [6.07, 6.45) is 9.67. The highest BCUT2D eigenvalue weighted by molar-refractivity contribution is 7.85. The molecule has 2 aromatic carbocycles. The lowest BCUT2D eigenvalue weighted by Crippen LogP contribution is -2.33. The highest BCUT2D eigenvalue weighted by atomic mass is 32.2. The molecule has 11 heteroatoms. The number of rotatable bonds is 8. The molecular formula is C33H30N3O7S+. The Kier molecular flexibility index (Phi) is 8.43. The number of carbonyl (C=O) groups is 3. The highest BCUT2D eigenvalue weighted by Crippen LogP contribution is 2.34. The lowest BCUT2D eigenvalue weighted by Gasteiger charge is -2.30. The zero-order chi connectivity index (χ0) is 31.6. The highest BCUT2D eigenvalue weighted by Gasteiger charge is 2.37. The molecule has 3 N–H and O–H groups in total. The van der Waals surface area contributed by atoms with Gasteiger partial charge in [-0.1, -0.05) is 24.3 Å². The number of likely N-dealkylation sites (N-methyl/N-ethyl adjacent to an activating group) is 1. The Hall–Kier alpha value is -5.13. The Morgan fingerprint density at radius 1 is 1.02 bits per heavy atom. The number of aryl methyl sites for hydroxylation is 1. The molecular weight excluding hydrogens is 582 g/mol. The van der Waals surface area contributed by atoms with Crippen LogP contribution >= 0.6 is 0 Å². The number of carbonyl (C=O) groups excluding carboxylic acids is 3. The van der Waals surface area contributed by atoms with Crippen molar-refractivity contribution in [1.82, 2.24) is 5.32 Å². The summed E-state index contributed by atoms with van der Waals surface area (Å²) < 4.78 is 33.7. The molecule has 3 aromatic rings. The number of Topliss-reactive ketones (excluding diaryl/α,β-unsaturated/α-hetero) is 2. The zero-order valence-electron chi connectivity index (χ0n) is 24.0. The molecule has 0 radical (unpaired) electrons. The van der Waals surface area contributed by atoms with Crippen LogP contribution in [0.2, 0.25) is 0 Å². The third-order valence-electron chi connectivity index (χ3n) is 7.45. The Balaban J connectivity index is 1.50. The molecule has 0 unspecified atom stereocenters. The number of hydrogen-bond donors (Lipinski definition) is 3. The van der Waals surface area contributed by atoms with E-state index in [9.17, 15) is 32.5 Å². The van der Waals surface area contributed by atoms with Crippen LogP contribution in [0.3, 0.4) is 0 Å². The van der Waals surface area contributed by atoms with Gasteiger partial charge in [-0.2, -0.15) is 13.0 Å². The summed E-state index contributed by atoms with van der Waals surface area (Å²) in [4.78, 5) is 39.5. The maximum atomic E-state index is 13.1. The second kappa shape index (κ2) is 12.2. The van der Waals surface area contributed by atoms with Gasteiger partial charge in [0.15, 0.2) is 0 Å². The maximum absolute atomic E-state index is 13.1. The number of para-hydroxylation sites is 1. The van der Waals surface area contributed by atoms with E-state index < -0.39 is 33.2 Å². The van der Waals surface area contributed by atoms with Crippen LogP contribution in [0.1, 0.15) is 23.2 Å². The first-order chi connectivity index (χ1) is 21.0. The van der Waals surface area contributed by atoms with Gasteiger partial charge in [0, 0.05) is 54.6 Å². The van der Waals surface area contributed by atoms with Gasteiger partial charge in [-0.3, -0.25) is 18.9 Å². The second-order valence-corrected chi connectivity index (χ2v) is 11.9. The fraction of sp³-hybridized carbons (Fsp3) is 0.152. The van der Waals surface area contributed by atoms with Crippen LogP contribution in [0.4, 0.5) is 5.69 Å². The van der Waals surface area contributed by atoms with Crippen LogP contribution in [0.5, 0.6) is 0 Å². The summed E-state index contributed by atoms with van der Waals surface area (Å²) >= 11 is 0. The Labute approximate surface area is 254 Å². The molecule has 224 valence electrons. The van der Waals surface area contributed by atoms with Gasteiger partial charge in [0.1, 0.15) is 12.8 Å². The van der Waals surface area contributed by atoms with Gasteiger partial charge < -0.3 is 15.3 Å². The van der Waals surface area contributed by atoms with E-state index >= 15 is 0 Å².